The molecular weight excluding hydrogens is 334 g/mol. The molecule has 0 radical (unpaired) electrons. The molecule has 1 aromatic heterocycles. The van der Waals surface area contributed by atoms with Crippen LogP contribution in [0, 0.1) is 0 Å². The Balaban J connectivity index is 1.98. The van der Waals surface area contributed by atoms with Gasteiger partial charge in [-0.1, -0.05) is 6.42 Å². The molecule has 0 spiro atoms. The first kappa shape index (κ1) is 18.4. The Hall–Kier alpha value is -0.960. The van der Waals surface area contributed by atoms with Gasteiger partial charge in [0.1, 0.15) is 4.21 Å². The van der Waals surface area contributed by atoms with Crippen LogP contribution >= 0.6 is 11.3 Å². The quantitative estimate of drug-likeness (QED) is 0.801. The van der Waals surface area contributed by atoms with Gasteiger partial charge in [0.05, 0.1) is 6.42 Å². The summed E-state index contributed by atoms with van der Waals surface area (Å²) < 4.78 is 27.0. The third-order valence-electron chi connectivity index (χ3n) is 3.62. The molecule has 0 aliphatic carbocycles. The molecule has 130 valence electrons. The van der Waals surface area contributed by atoms with Crippen LogP contribution in [-0.2, 0) is 21.2 Å². The van der Waals surface area contributed by atoms with E-state index in [0.717, 1.165) is 24.1 Å². The fourth-order valence-corrected chi connectivity index (χ4v) is 5.40. The van der Waals surface area contributed by atoms with E-state index in [0.29, 0.717) is 23.8 Å². The van der Waals surface area contributed by atoms with Crippen LogP contribution in [0.5, 0.6) is 0 Å². The van der Waals surface area contributed by atoms with Crippen LogP contribution in [0.1, 0.15) is 38.0 Å². The van der Waals surface area contributed by atoms with Gasteiger partial charge in [-0.15, -0.1) is 11.3 Å². The van der Waals surface area contributed by atoms with E-state index < -0.39 is 15.6 Å². The Kier molecular flexibility index (Phi) is 5.83. The molecule has 3 N–H and O–H groups in total. The monoisotopic (exact) mass is 359 g/mol. The molecule has 0 unspecified atom stereocenters. The Morgan fingerprint density at radius 2 is 1.96 bits per heavy atom. The molecule has 1 saturated heterocycles. The fourth-order valence-electron chi connectivity index (χ4n) is 2.37. The lowest BCUT2D eigenvalue weighted by molar-refractivity contribution is -0.120. The summed E-state index contributed by atoms with van der Waals surface area (Å²) in [7, 11) is -3.41. The molecule has 0 saturated carbocycles. The second-order valence-electron chi connectivity index (χ2n) is 6.63. The van der Waals surface area contributed by atoms with Crippen molar-refractivity contribution in [3.05, 3.63) is 17.0 Å². The zero-order valence-corrected chi connectivity index (χ0v) is 15.3. The second kappa shape index (κ2) is 7.29. The summed E-state index contributed by atoms with van der Waals surface area (Å²) >= 11 is 1.17. The highest BCUT2D eigenvalue weighted by molar-refractivity contribution is 7.91. The third kappa shape index (κ3) is 5.27. The number of hydrogen-bond donors (Lipinski definition) is 2. The van der Waals surface area contributed by atoms with Crippen molar-refractivity contribution in [2.45, 2.75) is 49.3 Å². The largest absolute Gasteiger partial charge is 0.354 e. The number of amides is 1. The summed E-state index contributed by atoms with van der Waals surface area (Å²) in [5.41, 5.74) is 5.36. The van der Waals surface area contributed by atoms with Gasteiger partial charge in [-0.3, -0.25) is 4.79 Å². The normalized spacial score (nSPS) is 17.2. The number of rotatable bonds is 6. The summed E-state index contributed by atoms with van der Waals surface area (Å²) in [6.45, 7) is 5.23. The lowest BCUT2D eigenvalue weighted by atomic mass is 10.1. The highest BCUT2D eigenvalue weighted by Crippen LogP contribution is 2.27. The van der Waals surface area contributed by atoms with Crippen LogP contribution in [0.4, 0.5) is 0 Å². The SMILES string of the molecule is CC(C)(N)CNC(=O)Cc1ccc(S(=O)(=O)N2CCCCC2)s1. The average Bonchev–Trinajstić information content (AvgIpc) is 2.94. The third-order valence-corrected chi connectivity index (χ3v) is 7.07. The fraction of sp³-hybridized carbons (Fsp3) is 0.667. The predicted octanol–water partition coefficient (Wildman–Crippen LogP) is 1.32. The Morgan fingerprint density at radius 3 is 2.57 bits per heavy atom. The van der Waals surface area contributed by atoms with Gasteiger partial charge in [0.2, 0.25) is 5.91 Å². The van der Waals surface area contributed by atoms with Gasteiger partial charge in [-0.2, -0.15) is 4.31 Å². The first-order chi connectivity index (χ1) is 10.7. The van der Waals surface area contributed by atoms with Crippen molar-refractivity contribution in [1.82, 2.24) is 9.62 Å². The summed E-state index contributed by atoms with van der Waals surface area (Å²) in [6, 6.07) is 3.32. The average molecular weight is 360 g/mol. The number of nitrogens with zero attached hydrogens (tertiary/aromatic N) is 1. The maximum Gasteiger partial charge on any atom is 0.252 e. The Morgan fingerprint density at radius 1 is 1.30 bits per heavy atom. The number of piperidine rings is 1. The number of carbonyl (C=O) groups is 1. The van der Waals surface area contributed by atoms with E-state index in [1.54, 1.807) is 16.4 Å². The smallest absolute Gasteiger partial charge is 0.252 e. The molecule has 1 fully saturated rings. The summed E-state index contributed by atoms with van der Waals surface area (Å²) in [4.78, 5) is 12.6. The molecule has 23 heavy (non-hydrogen) atoms. The van der Waals surface area contributed by atoms with Crippen LogP contribution in [-0.4, -0.2) is 43.8 Å². The van der Waals surface area contributed by atoms with Gasteiger partial charge in [-0.05, 0) is 38.8 Å². The van der Waals surface area contributed by atoms with Crippen LogP contribution in [0.3, 0.4) is 0 Å². The van der Waals surface area contributed by atoms with E-state index in [9.17, 15) is 13.2 Å². The van der Waals surface area contributed by atoms with Crippen molar-refractivity contribution in [2.75, 3.05) is 19.6 Å². The highest BCUT2D eigenvalue weighted by Gasteiger charge is 2.27. The topological polar surface area (TPSA) is 92.5 Å². The molecule has 1 aliphatic rings. The Labute approximate surface area is 142 Å². The highest BCUT2D eigenvalue weighted by atomic mass is 32.2. The molecule has 2 rings (SSSR count). The van der Waals surface area contributed by atoms with E-state index in [-0.39, 0.29) is 12.3 Å². The number of hydrogen-bond acceptors (Lipinski definition) is 5. The minimum atomic E-state index is -3.41. The second-order valence-corrected chi connectivity index (χ2v) is 9.96. The molecular formula is C15H25N3O3S2. The molecule has 1 aromatic rings. The molecule has 6 nitrogen and oxygen atoms in total. The Bertz CT molecular complexity index is 641. The lowest BCUT2D eigenvalue weighted by Gasteiger charge is -2.25. The molecule has 0 aromatic carbocycles. The minimum absolute atomic E-state index is 0.146. The van der Waals surface area contributed by atoms with Gasteiger partial charge in [0.25, 0.3) is 10.0 Å². The molecule has 8 heteroatoms. The van der Waals surface area contributed by atoms with Crippen molar-refractivity contribution in [3.8, 4) is 0 Å². The van der Waals surface area contributed by atoms with E-state index in [2.05, 4.69) is 5.32 Å². The van der Waals surface area contributed by atoms with Gasteiger partial charge >= 0.3 is 0 Å². The number of sulfonamides is 1. The van der Waals surface area contributed by atoms with E-state index in [4.69, 9.17) is 5.73 Å². The standard InChI is InChI=1S/C15H25N3O3S2/c1-15(2,16)11-17-13(19)10-12-6-7-14(22-12)23(20,21)18-8-4-3-5-9-18/h6-7H,3-5,8-11,16H2,1-2H3,(H,17,19). The van der Waals surface area contributed by atoms with Gasteiger partial charge in [0, 0.05) is 30.1 Å². The zero-order valence-electron chi connectivity index (χ0n) is 13.7. The van der Waals surface area contributed by atoms with Crippen LogP contribution in [0.25, 0.3) is 0 Å². The molecule has 0 atom stereocenters. The molecule has 2 heterocycles. The summed E-state index contributed by atoms with van der Waals surface area (Å²) in [5.74, 6) is -0.146. The predicted molar refractivity (Wildman–Crippen MR) is 91.9 cm³/mol. The summed E-state index contributed by atoms with van der Waals surface area (Å²) in [6.07, 6.45) is 3.08. The lowest BCUT2D eigenvalue weighted by Crippen LogP contribution is -2.45. The van der Waals surface area contributed by atoms with Crippen LogP contribution in [0.2, 0.25) is 0 Å². The minimum Gasteiger partial charge on any atom is -0.354 e. The number of nitrogens with two attached hydrogens (primary N) is 1. The maximum absolute atomic E-state index is 12.6. The van der Waals surface area contributed by atoms with Gasteiger partial charge in [-0.25, -0.2) is 8.42 Å². The number of nitrogens with one attached hydrogen (secondary N) is 1. The van der Waals surface area contributed by atoms with E-state index in [1.807, 2.05) is 13.8 Å². The van der Waals surface area contributed by atoms with Crippen LogP contribution < -0.4 is 11.1 Å². The van der Waals surface area contributed by atoms with E-state index >= 15 is 0 Å². The number of carbonyl (C=O) groups excluding carboxylic acids is 1. The van der Waals surface area contributed by atoms with Crippen molar-refractivity contribution < 1.29 is 13.2 Å². The van der Waals surface area contributed by atoms with Crippen molar-refractivity contribution >= 4 is 27.3 Å². The summed E-state index contributed by atoms with van der Waals surface area (Å²) in [5, 5.41) is 2.77. The van der Waals surface area contributed by atoms with E-state index in [1.165, 1.54) is 11.3 Å². The molecule has 0 bridgehead atoms. The molecule has 1 aliphatic heterocycles. The van der Waals surface area contributed by atoms with Crippen molar-refractivity contribution in [2.24, 2.45) is 5.73 Å². The molecule has 1 amide bonds. The zero-order chi connectivity index (χ0) is 17.1. The maximum atomic E-state index is 12.6. The van der Waals surface area contributed by atoms with Crippen molar-refractivity contribution in [3.63, 3.8) is 0 Å². The van der Waals surface area contributed by atoms with Crippen molar-refractivity contribution in [1.29, 1.82) is 0 Å². The van der Waals surface area contributed by atoms with Crippen LogP contribution in [0.15, 0.2) is 16.3 Å². The van der Waals surface area contributed by atoms with Gasteiger partial charge < -0.3 is 11.1 Å². The van der Waals surface area contributed by atoms with Gasteiger partial charge in [0.15, 0.2) is 0 Å². The first-order valence-electron chi connectivity index (χ1n) is 7.83. The first-order valence-corrected chi connectivity index (χ1v) is 10.1. The number of thiophene rings is 1.